The zero-order valence-electron chi connectivity index (χ0n) is 12.7. The summed E-state index contributed by atoms with van der Waals surface area (Å²) in [6.45, 7) is 5.86. The van der Waals surface area contributed by atoms with Gasteiger partial charge in [0.1, 0.15) is 18.0 Å². The lowest BCUT2D eigenvalue weighted by atomic mass is 9.87. The summed E-state index contributed by atoms with van der Waals surface area (Å²) in [6.07, 6.45) is 2.77. The van der Waals surface area contributed by atoms with Gasteiger partial charge in [0.15, 0.2) is 0 Å². The molecule has 0 amide bonds. The summed E-state index contributed by atoms with van der Waals surface area (Å²) in [5, 5.41) is 0. The molecule has 5 heterocycles. The Kier molecular flexibility index (Phi) is 2.99. The molecule has 3 saturated heterocycles. The minimum Gasteiger partial charge on any atom is -0.352 e. The standard InChI is InChI=1S/C16H18FN5/c1-10-11(2)18-9-19-16(10)21-7-12-6-13(8-21)22(12)15-5-3-4-14(17)20-15/h3-5,9,12-13H,6-8H2,1-2H3. The maximum Gasteiger partial charge on any atom is 0.214 e. The molecular formula is C16H18FN5. The molecule has 5 nitrogen and oxygen atoms in total. The smallest absolute Gasteiger partial charge is 0.214 e. The molecule has 0 radical (unpaired) electrons. The van der Waals surface area contributed by atoms with Gasteiger partial charge in [-0.05, 0) is 32.4 Å². The molecule has 2 aromatic rings. The van der Waals surface area contributed by atoms with Gasteiger partial charge in [-0.1, -0.05) is 6.07 Å². The van der Waals surface area contributed by atoms with Crippen LogP contribution in [0.1, 0.15) is 17.7 Å². The molecule has 0 saturated carbocycles. The highest BCUT2D eigenvalue weighted by Crippen LogP contribution is 2.37. The van der Waals surface area contributed by atoms with Gasteiger partial charge in [0.05, 0.1) is 12.1 Å². The summed E-state index contributed by atoms with van der Waals surface area (Å²) >= 11 is 0. The van der Waals surface area contributed by atoms with E-state index in [1.807, 2.05) is 13.0 Å². The number of nitrogens with zero attached hydrogens (tertiary/aromatic N) is 5. The van der Waals surface area contributed by atoms with Gasteiger partial charge in [0, 0.05) is 24.3 Å². The van der Waals surface area contributed by atoms with E-state index in [-0.39, 0.29) is 0 Å². The number of aryl methyl sites for hydroxylation is 1. The lowest BCUT2D eigenvalue weighted by Crippen LogP contribution is -2.69. The van der Waals surface area contributed by atoms with Crippen molar-refractivity contribution in [3.8, 4) is 0 Å². The number of piperidine rings is 1. The van der Waals surface area contributed by atoms with Gasteiger partial charge in [-0.25, -0.2) is 15.0 Å². The molecule has 2 bridgehead atoms. The molecule has 2 aromatic heterocycles. The largest absolute Gasteiger partial charge is 0.352 e. The van der Waals surface area contributed by atoms with Gasteiger partial charge in [-0.2, -0.15) is 4.39 Å². The molecule has 0 aromatic carbocycles. The SMILES string of the molecule is Cc1ncnc(N2CC3CC(C2)N3c2cccc(F)n2)c1C. The van der Waals surface area contributed by atoms with E-state index in [4.69, 9.17) is 0 Å². The first kappa shape index (κ1) is 13.4. The number of aromatic nitrogens is 3. The van der Waals surface area contributed by atoms with E-state index in [1.54, 1.807) is 12.4 Å². The summed E-state index contributed by atoms with van der Waals surface area (Å²) in [5.74, 6) is 1.35. The fraction of sp³-hybridized carbons (Fsp3) is 0.438. The molecule has 3 aliphatic heterocycles. The van der Waals surface area contributed by atoms with Gasteiger partial charge in [-0.15, -0.1) is 0 Å². The normalized spacial score (nSPS) is 23.4. The third-order valence-electron chi connectivity index (χ3n) is 4.77. The third kappa shape index (κ3) is 2.01. The summed E-state index contributed by atoms with van der Waals surface area (Å²) < 4.78 is 13.3. The van der Waals surface area contributed by atoms with Crippen molar-refractivity contribution >= 4 is 11.6 Å². The predicted molar refractivity (Wildman–Crippen MR) is 82.6 cm³/mol. The highest BCUT2D eigenvalue weighted by molar-refractivity contribution is 5.54. The number of anilines is 2. The first-order chi connectivity index (χ1) is 10.6. The number of hydrogen-bond acceptors (Lipinski definition) is 5. The Hall–Kier alpha value is -2.24. The molecule has 22 heavy (non-hydrogen) atoms. The summed E-state index contributed by atoms with van der Waals surface area (Å²) in [6, 6.07) is 5.75. The van der Waals surface area contributed by atoms with Crippen molar-refractivity contribution in [2.24, 2.45) is 0 Å². The van der Waals surface area contributed by atoms with Crippen LogP contribution in [0.2, 0.25) is 0 Å². The molecule has 3 fully saturated rings. The van der Waals surface area contributed by atoms with Gasteiger partial charge >= 0.3 is 0 Å². The second-order valence-corrected chi connectivity index (χ2v) is 6.08. The van der Waals surface area contributed by atoms with Crippen molar-refractivity contribution in [3.63, 3.8) is 0 Å². The first-order valence-electron chi connectivity index (χ1n) is 7.57. The van der Waals surface area contributed by atoms with E-state index in [0.29, 0.717) is 12.1 Å². The van der Waals surface area contributed by atoms with E-state index in [0.717, 1.165) is 42.4 Å². The van der Waals surface area contributed by atoms with Crippen LogP contribution < -0.4 is 9.80 Å². The molecule has 2 unspecified atom stereocenters. The second kappa shape index (κ2) is 4.90. The van der Waals surface area contributed by atoms with Crippen LogP contribution >= 0.6 is 0 Å². The Labute approximate surface area is 128 Å². The third-order valence-corrected chi connectivity index (χ3v) is 4.77. The Balaban J connectivity index is 1.56. The Morgan fingerprint density at radius 3 is 2.64 bits per heavy atom. The molecular weight excluding hydrogens is 281 g/mol. The Morgan fingerprint density at radius 1 is 1.14 bits per heavy atom. The summed E-state index contributed by atoms with van der Waals surface area (Å²) in [5.41, 5.74) is 2.16. The molecule has 3 aliphatic rings. The number of hydrogen-bond donors (Lipinski definition) is 0. The molecule has 0 N–H and O–H groups in total. The first-order valence-corrected chi connectivity index (χ1v) is 7.57. The Morgan fingerprint density at radius 2 is 1.91 bits per heavy atom. The van der Waals surface area contributed by atoms with E-state index >= 15 is 0 Å². The fourth-order valence-electron chi connectivity index (χ4n) is 3.54. The number of piperazine rings is 1. The average molecular weight is 299 g/mol. The highest BCUT2D eigenvalue weighted by Gasteiger charge is 2.45. The summed E-state index contributed by atoms with van der Waals surface area (Å²) in [7, 11) is 0. The second-order valence-electron chi connectivity index (χ2n) is 6.08. The maximum atomic E-state index is 13.3. The average Bonchev–Trinajstić information content (AvgIpc) is 2.50. The molecule has 2 atom stereocenters. The molecule has 5 rings (SSSR count). The Bertz CT molecular complexity index is 707. The van der Waals surface area contributed by atoms with Crippen molar-refractivity contribution in [3.05, 3.63) is 41.7 Å². The van der Waals surface area contributed by atoms with Crippen molar-refractivity contribution in [1.82, 2.24) is 15.0 Å². The van der Waals surface area contributed by atoms with Crippen LogP contribution in [0, 0.1) is 19.8 Å². The zero-order valence-corrected chi connectivity index (χ0v) is 12.7. The van der Waals surface area contributed by atoms with Gasteiger partial charge in [0.25, 0.3) is 0 Å². The number of pyridine rings is 1. The lowest BCUT2D eigenvalue weighted by Gasteiger charge is -2.57. The zero-order chi connectivity index (χ0) is 15.3. The molecule has 0 aliphatic carbocycles. The lowest BCUT2D eigenvalue weighted by molar-refractivity contribution is 0.286. The number of rotatable bonds is 2. The molecule has 0 spiro atoms. The van der Waals surface area contributed by atoms with Crippen molar-refractivity contribution in [2.45, 2.75) is 32.4 Å². The number of fused-ring (bicyclic) bond motifs is 2. The monoisotopic (exact) mass is 299 g/mol. The van der Waals surface area contributed by atoms with Crippen LogP contribution in [-0.4, -0.2) is 40.1 Å². The van der Waals surface area contributed by atoms with Gasteiger partial charge in [-0.3, -0.25) is 0 Å². The fourth-order valence-corrected chi connectivity index (χ4v) is 3.54. The maximum absolute atomic E-state index is 13.3. The predicted octanol–water partition coefficient (Wildman–Crippen LogP) is 2.10. The topological polar surface area (TPSA) is 45.2 Å². The van der Waals surface area contributed by atoms with Crippen LogP contribution in [0.4, 0.5) is 16.0 Å². The van der Waals surface area contributed by atoms with Gasteiger partial charge in [0.2, 0.25) is 5.95 Å². The minimum absolute atomic E-state index is 0.378. The summed E-state index contributed by atoms with van der Waals surface area (Å²) in [4.78, 5) is 17.3. The van der Waals surface area contributed by atoms with E-state index < -0.39 is 5.95 Å². The minimum atomic E-state index is -0.415. The number of halogens is 1. The van der Waals surface area contributed by atoms with Gasteiger partial charge < -0.3 is 9.80 Å². The van der Waals surface area contributed by atoms with Crippen LogP contribution in [0.5, 0.6) is 0 Å². The van der Waals surface area contributed by atoms with E-state index in [1.165, 1.54) is 6.07 Å². The van der Waals surface area contributed by atoms with Crippen molar-refractivity contribution < 1.29 is 4.39 Å². The van der Waals surface area contributed by atoms with Crippen LogP contribution in [0.25, 0.3) is 0 Å². The van der Waals surface area contributed by atoms with E-state index in [9.17, 15) is 4.39 Å². The van der Waals surface area contributed by atoms with Crippen LogP contribution in [0.15, 0.2) is 24.5 Å². The van der Waals surface area contributed by atoms with Crippen LogP contribution in [0.3, 0.4) is 0 Å². The molecule has 114 valence electrons. The highest BCUT2D eigenvalue weighted by atomic mass is 19.1. The van der Waals surface area contributed by atoms with E-state index in [2.05, 4.69) is 31.7 Å². The van der Waals surface area contributed by atoms with Crippen molar-refractivity contribution in [2.75, 3.05) is 22.9 Å². The van der Waals surface area contributed by atoms with Crippen molar-refractivity contribution in [1.29, 1.82) is 0 Å². The quantitative estimate of drug-likeness (QED) is 0.795. The molecule has 6 heteroatoms. The van der Waals surface area contributed by atoms with Crippen LogP contribution in [-0.2, 0) is 0 Å².